The van der Waals surface area contributed by atoms with Crippen molar-refractivity contribution in [3.8, 4) is 6.07 Å². The minimum absolute atomic E-state index is 0.121. The van der Waals surface area contributed by atoms with Gasteiger partial charge in [-0.1, -0.05) is 11.6 Å². The molecular weight excluding hydrogens is 374 g/mol. The molecule has 148 valence electrons. The minimum atomic E-state index is -0.129. The lowest BCUT2D eigenvalue weighted by Gasteiger charge is -2.55. The van der Waals surface area contributed by atoms with Gasteiger partial charge in [0.2, 0.25) is 11.8 Å². The average molecular weight is 400 g/mol. The van der Waals surface area contributed by atoms with E-state index in [0.717, 1.165) is 37.0 Å². The Balaban J connectivity index is 1.21. The summed E-state index contributed by atoms with van der Waals surface area (Å²) in [6.07, 6.45) is 8.09. The van der Waals surface area contributed by atoms with Crippen LogP contribution in [0, 0.1) is 34.5 Å². The van der Waals surface area contributed by atoms with Gasteiger partial charge in [-0.3, -0.25) is 9.59 Å². The van der Waals surface area contributed by atoms with Crippen LogP contribution in [0.2, 0.25) is 5.02 Å². The number of halogens is 1. The molecule has 5 rings (SSSR count). The summed E-state index contributed by atoms with van der Waals surface area (Å²) >= 11 is 5.98. The van der Waals surface area contributed by atoms with E-state index >= 15 is 0 Å². The molecule has 5 nitrogen and oxygen atoms in total. The highest BCUT2D eigenvalue weighted by Crippen LogP contribution is 2.60. The van der Waals surface area contributed by atoms with E-state index in [1.54, 1.807) is 18.2 Å². The van der Waals surface area contributed by atoms with E-state index in [9.17, 15) is 9.59 Å². The topological polar surface area (TPSA) is 82.0 Å². The fraction of sp³-hybridized carbons (Fsp3) is 0.591. The van der Waals surface area contributed by atoms with Crippen LogP contribution in [0.1, 0.15) is 56.9 Å². The van der Waals surface area contributed by atoms with Crippen molar-refractivity contribution in [2.75, 3.05) is 11.9 Å². The maximum atomic E-state index is 12.9. The maximum absolute atomic E-state index is 12.9. The van der Waals surface area contributed by atoms with E-state index in [1.165, 1.54) is 19.3 Å². The number of nitrogens with one attached hydrogen (secondary N) is 2. The fourth-order valence-electron chi connectivity index (χ4n) is 5.93. The standard InChI is InChI=1S/C22H26ClN3O2/c23-19-9-18(4-3-17(19)13-24)26-20(27)2-1-5-25-21(28)22-10-14-6-15(11-22)8-16(7-14)12-22/h3-4,9,14-16H,1-2,5-8,10-12H2,(H,25,28)(H,26,27). The molecule has 0 radical (unpaired) electrons. The first-order valence-electron chi connectivity index (χ1n) is 10.3. The maximum Gasteiger partial charge on any atom is 0.226 e. The molecule has 28 heavy (non-hydrogen) atoms. The summed E-state index contributed by atoms with van der Waals surface area (Å²) in [5.74, 6) is 2.35. The van der Waals surface area contributed by atoms with Gasteiger partial charge in [0.15, 0.2) is 0 Å². The molecule has 0 aromatic heterocycles. The number of hydrogen-bond donors (Lipinski definition) is 2. The first kappa shape index (κ1) is 19.3. The van der Waals surface area contributed by atoms with Crippen molar-refractivity contribution >= 4 is 29.1 Å². The van der Waals surface area contributed by atoms with Gasteiger partial charge in [0, 0.05) is 24.1 Å². The normalized spacial score (nSPS) is 29.9. The Hall–Kier alpha value is -2.06. The van der Waals surface area contributed by atoms with Crippen molar-refractivity contribution in [3.05, 3.63) is 28.8 Å². The molecule has 2 amide bonds. The first-order chi connectivity index (χ1) is 13.5. The van der Waals surface area contributed by atoms with Gasteiger partial charge in [0.25, 0.3) is 0 Å². The molecule has 2 N–H and O–H groups in total. The van der Waals surface area contributed by atoms with E-state index in [1.807, 2.05) is 6.07 Å². The molecule has 4 aliphatic carbocycles. The number of nitrogens with zero attached hydrogens (tertiary/aromatic N) is 1. The molecule has 4 fully saturated rings. The summed E-state index contributed by atoms with van der Waals surface area (Å²) < 4.78 is 0. The number of benzene rings is 1. The molecule has 0 saturated heterocycles. The Labute approximate surface area is 170 Å². The molecule has 6 heteroatoms. The summed E-state index contributed by atoms with van der Waals surface area (Å²) in [4.78, 5) is 25.0. The van der Waals surface area contributed by atoms with Crippen molar-refractivity contribution < 1.29 is 9.59 Å². The predicted molar refractivity (Wildman–Crippen MR) is 108 cm³/mol. The van der Waals surface area contributed by atoms with E-state index in [4.69, 9.17) is 16.9 Å². The van der Waals surface area contributed by atoms with Crippen molar-refractivity contribution in [3.63, 3.8) is 0 Å². The number of carbonyl (C=O) groups is 2. The second-order valence-electron chi connectivity index (χ2n) is 8.91. The molecule has 1 aromatic rings. The van der Waals surface area contributed by atoms with E-state index in [0.29, 0.717) is 35.7 Å². The zero-order valence-electron chi connectivity index (χ0n) is 16.0. The SMILES string of the molecule is N#Cc1ccc(NC(=O)CCCNC(=O)C23CC4CC(CC(C4)C2)C3)cc1Cl. The van der Waals surface area contributed by atoms with E-state index in [2.05, 4.69) is 10.6 Å². The second-order valence-corrected chi connectivity index (χ2v) is 9.32. The van der Waals surface area contributed by atoms with Crippen LogP contribution < -0.4 is 10.6 Å². The molecule has 1 aromatic carbocycles. The number of hydrogen-bond acceptors (Lipinski definition) is 3. The van der Waals surface area contributed by atoms with Crippen LogP contribution in [-0.4, -0.2) is 18.4 Å². The number of rotatable bonds is 6. The number of carbonyl (C=O) groups excluding carboxylic acids is 2. The van der Waals surface area contributed by atoms with Crippen molar-refractivity contribution in [2.45, 2.75) is 51.4 Å². The Morgan fingerprint density at radius 3 is 2.36 bits per heavy atom. The minimum Gasteiger partial charge on any atom is -0.356 e. The molecule has 0 spiro atoms. The zero-order valence-corrected chi connectivity index (χ0v) is 16.7. The van der Waals surface area contributed by atoms with Crippen LogP contribution in [0.25, 0.3) is 0 Å². The Kier molecular flexibility index (Phi) is 5.33. The third kappa shape index (κ3) is 3.89. The zero-order chi connectivity index (χ0) is 19.7. The summed E-state index contributed by atoms with van der Waals surface area (Å²) in [5, 5.41) is 15.1. The van der Waals surface area contributed by atoms with Gasteiger partial charge >= 0.3 is 0 Å². The van der Waals surface area contributed by atoms with Gasteiger partial charge in [0.1, 0.15) is 6.07 Å². The van der Waals surface area contributed by atoms with Gasteiger partial charge in [-0.15, -0.1) is 0 Å². The first-order valence-corrected chi connectivity index (χ1v) is 10.6. The van der Waals surface area contributed by atoms with Crippen LogP contribution in [0.15, 0.2) is 18.2 Å². The van der Waals surface area contributed by atoms with Crippen LogP contribution in [0.5, 0.6) is 0 Å². The molecule has 0 unspecified atom stereocenters. The third-order valence-electron chi connectivity index (χ3n) is 6.76. The van der Waals surface area contributed by atoms with Gasteiger partial charge in [0.05, 0.1) is 10.6 Å². The van der Waals surface area contributed by atoms with Crippen molar-refractivity contribution in [2.24, 2.45) is 23.2 Å². The lowest BCUT2D eigenvalue weighted by atomic mass is 9.49. The van der Waals surface area contributed by atoms with Gasteiger partial charge in [-0.25, -0.2) is 0 Å². The molecular formula is C22H26ClN3O2. The average Bonchev–Trinajstić information content (AvgIpc) is 2.64. The van der Waals surface area contributed by atoms with Crippen LogP contribution >= 0.6 is 11.6 Å². The quantitative estimate of drug-likeness (QED) is 0.701. The molecule has 0 heterocycles. The molecule has 0 atom stereocenters. The Bertz CT molecular complexity index is 794. The van der Waals surface area contributed by atoms with Crippen LogP contribution in [0.3, 0.4) is 0 Å². The molecule has 4 bridgehead atoms. The predicted octanol–water partition coefficient (Wildman–Crippen LogP) is 4.26. The highest BCUT2D eigenvalue weighted by atomic mass is 35.5. The van der Waals surface area contributed by atoms with Gasteiger partial charge in [-0.05, 0) is 80.9 Å². The lowest BCUT2D eigenvalue weighted by Crippen LogP contribution is -2.53. The molecule has 4 saturated carbocycles. The summed E-state index contributed by atoms with van der Waals surface area (Å²) in [7, 11) is 0. The van der Waals surface area contributed by atoms with Gasteiger partial charge < -0.3 is 10.6 Å². The smallest absolute Gasteiger partial charge is 0.226 e. The number of anilines is 1. The van der Waals surface area contributed by atoms with Crippen molar-refractivity contribution in [1.82, 2.24) is 5.32 Å². The van der Waals surface area contributed by atoms with Crippen LogP contribution in [0.4, 0.5) is 5.69 Å². The second kappa shape index (κ2) is 7.75. The summed E-state index contributed by atoms with van der Waals surface area (Å²) in [5.41, 5.74) is 0.828. The third-order valence-corrected chi connectivity index (χ3v) is 7.07. The lowest BCUT2D eigenvalue weighted by molar-refractivity contribution is -0.146. The largest absolute Gasteiger partial charge is 0.356 e. The number of amides is 2. The highest BCUT2D eigenvalue weighted by Gasteiger charge is 2.54. The van der Waals surface area contributed by atoms with Crippen LogP contribution in [-0.2, 0) is 9.59 Å². The Morgan fingerprint density at radius 2 is 1.79 bits per heavy atom. The summed E-state index contributed by atoms with van der Waals surface area (Å²) in [6.45, 7) is 0.530. The molecule has 0 aliphatic heterocycles. The fourth-order valence-corrected chi connectivity index (χ4v) is 6.16. The number of nitriles is 1. The monoisotopic (exact) mass is 399 g/mol. The van der Waals surface area contributed by atoms with E-state index in [-0.39, 0.29) is 17.2 Å². The van der Waals surface area contributed by atoms with Crippen molar-refractivity contribution in [1.29, 1.82) is 5.26 Å². The Morgan fingerprint density at radius 1 is 1.14 bits per heavy atom. The van der Waals surface area contributed by atoms with E-state index < -0.39 is 0 Å². The van der Waals surface area contributed by atoms with Gasteiger partial charge in [-0.2, -0.15) is 5.26 Å². The highest BCUT2D eigenvalue weighted by molar-refractivity contribution is 6.32. The summed E-state index contributed by atoms with van der Waals surface area (Å²) in [6, 6.07) is 6.82. The molecule has 4 aliphatic rings.